The highest BCUT2D eigenvalue weighted by Gasteiger charge is 2.06. The van der Waals surface area contributed by atoms with Crippen molar-refractivity contribution in [3.8, 4) is 17.0 Å². The summed E-state index contributed by atoms with van der Waals surface area (Å²) < 4.78 is 5.04. The van der Waals surface area contributed by atoms with Crippen molar-refractivity contribution in [3.05, 3.63) is 42.1 Å². The fourth-order valence-corrected chi connectivity index (χ4v) is 1.46. The monoisotopic (exact) mass is 217 g/mol. The molecule has 1 aromatic carbocycles. The van der Waals surface area contributed by atoms with Gasteiger partial charge in [0.2, 0.25) is 0 Å². The van der Waals surface area contributed by atoms with E-state index < -0.39 is 5.97 Å². The van der Waals surface area contributed by atoms with Crippen molar-refractivity contribution in [2.75, 3.05) is 7.11 Å². The molecule has 1 heterocycles. The summed E-state index contributed by atoms with van der Waals surface area (Å²) in [5.41, 5.74) is 1.89. The molecule has 0 atom stereocenters. The third-order valence-electron chi connectivity index (χ3n) is 2.32. The average molecular weight is 217 g/mol. The minimum atomic E-state index is -0.959. The van der Waals surface area contributed by atoms with Crippen molar-refractivity contribution in [2.24, 2.45) is 0 Å². The van der Waals surface area contributed by atoms with Gasteiger partial charge in [0.1, 0.15) is 11.4 Å². The van der Waals surface area contributed by atoms with Crippen LogP contribution in [0.2, 0.25) is 0 Å². The van der Waals surface area contributed by atoms with Crippen LogP contribution < -0.4 is 4.74 Å². The fourth-order valence-electron chi connectivity index (χ4n) is 1.46. The molecule has 2 rings (SSSR count). The van der Waals surface area contributed by atoms with E-state index in [4.69, 9.17) is 9.84 Å². The summed E-state index contributed by atoms with van der Waals surface area (Å²) in [6.07, 6.45) is 0. The number of aromatic carboxylic acids is 1. The van der Waals surface area contributed by atoms with Crippen molar-refractivity contribution in [3.63, 3.8) is 0 Å². The molecular weight excluding hydrogens is 206 g/mol. The van der Waals surface area contributed by atoms with Crippen LogP contribution in [-0.4, -0.2) is 23.2 Å². The summed E-state index contributed by atoms with van der Waals surface area (Å²) in [7, 11) is 1.60. The van der Waals surface area contributed by atoms with Gasteiger partial charge < -0.3 is 14.8 Å². The molecule has 82 valence electrons. The second-order valence-corrected chi connectivity index (χ2v) is 3.32. The van der Waals surface area contributed by atoms with E-state index in [2.05, 4.69) is 4.98 Å². The lowest BCUT2D eigenvalue weighted by Crippen LogP contribution is -1.95. The highest BCUT2D eigenvalue weighted by atomic mass is 16.5. The number of H-pyrrole nitrogens is 1. The normalized spacial score (nSPS) is 10.1. The largest absolute Gasteiger partial charge is 0.497 e. The lowest BCUT2D eigenvalue weighted by atomic mass is 10.1. The van der Waals surface area contributed by atoms with Gasteiger partial charge in [-0.3, -0.25) is 0 Å². The zero-order valence-electron chi connectivity index (χ0n) is 8.73. The van der Waals surface area contributed by atoms with Crippen LogP contribution in [-0.2, 0) is 0 Å². The molecule has 0 radical (unpaired) electrons. The molecule has 2 N–H and O–H groups in total. The first-order valence-corrected chi connectivity index (χ1v) is 4.77. The molecule has 0 aliphatic carbocycles. The molecule has 0 bridgehead atoms. The van der Waals surface area contributed by atoms with Gasteiger partial charge in [0.15, 0.2) is 0 Å². The number of rotatable bonds is 3. The number of hydrogen-bond donors (Lipinski definition) is 2. The van der Waals surface area contributed by atoms with E-state index in [1.165, 1.54) is 0 Å². The van der Waals surface area contributed by atoms with Gasteiger partial charge in [-0.05, 0) is 42.0 Å². The van der Waals surface area contributed by atoms with Gasteiger partial charge in [0.05, 0.1) is 7.11 Å². The summed E-state index contributed by atoms with van der Waals surface area (Å²) in [6, 6.07) is 10.7. The van der Waals surface area contributed by atoms with Gasteiger partial charge in [0.25, 0.3) is 0 Å². The molecule has 0 fully saturated rings. The topological polar surface area (TPSA) is 62.3 Å². The van der Waals surface area contributed by atoms with E-state index in [9.17, 15) is 4.79 Å². The minimum Gasteiger partial charge on any atom is -0.497 e. The Hall–Kier alpha value is -2.23. The smallest absolute Gasteiger partial charge is 0.352 e. The maximum Gasteiger partial charge on any atom is 0.352 e. The van der Waals surface area contributed by atoms with E-state index in [0.717, 1.165) is 17.0 Å². The number of nitrogens with one attached hydrogen (secondary N) is 1. The van der Waals surface area contributed by atoms with Crippen molar-refractivity contribution in [2.45, 2.75) is 0 Å². The third kappa shape index (κ3) is 1.91. The standard InChI is InChI=1S/C12H11NO3/c1-16-9-4-2-8(3-5-9)10-6-7-11(13-10)12(14)15/h2-7,13H,1H3,(H,14,15). The van der Waals surface area contributed by atoms with Crippen LogP contribution in [0.5, 0.6) is 5.75 Å². The van der Waals surface area contributed by atoms with E-state index >= 15 is 0 Å². The number of carboxylic acids is 1. The van der Waals surface area contributed by atoms with Gasteiger partial charge in [0, 0.05) is 5.69 Å². The third-order valence-corrected chi connectivity index (χ3v) is 2.32. The molecule has 4 heteroatoms. The molecular formula is C12H11NO3. The number of carboxylic acid groups (broad SMARTS) is 1. The molecule has 0 spiro atoms. The van der Waals surface area contributed by atoms with Crippen LogP contribution in [0.3, 0.4) is 0 Å². The summed E-state index contributed by atoms with van der Waals surface area (Å²) in [6.45, 7) is 0. The number of carbonyl (C=O) groups is 1. The van der Waals surface area contributed by atoms with Crippen LogP contribution >= 0.6 is 0 Å². The molecule has 4 nitrogen and oxygen atoms in total. The molecule has 16 heavy (non-hydrogen) atoms. The lowest BCUT2D eigenvalue weighted by Gasteiger charge is -2.01. The number of methoxy groups -OCH3 is 1. The molecule has 2 aromatic rings. The second kappa shape index (κ2) is 4.10. The van der Waals surface area contributed by atoms with Gasteiger partial charge in [-0.15, -0.1) is 0 Å². The fraction of sp³-hybridized carbons (Fsp3) is 0.0833. The summed E-state index contributed by atoms with van der Waals surface area (Å²) in [4.78, 5) is 13.5. The van der Waals surface area contributed by atoms with E-state index in [1.807, 2.05) is 24.3 Å². The summed E-state index contributed by atoms with van der Waals surface area (Å²) in [5, 5.41) is 8.78. The summed E-state index contributed by atoms with van der Waals surface area (Å²) >= 11 is 0. The van der Waals surface area contributed by atoms with Crippen LogP contribution in [0.4, 0.5) is 0 Å². The van der Waals surface area contributed by atoms with E-state index in [-0.39, 0.29) is 5.69 Å². The molecule has 0 saturated carbocycles. The Balaban J connectivity index is 2.31. The average Bonchev–Trinajstić information content (AvgIpc) is 2.78. The highest BCUT2D eigenvalue weighted by molar-refractivity contribution is 5.86. The number of benzene rings is 1. The Labute approximate surface area is 92.5 Å². The molecule has 0 unspecified atom stereocenters. The Morgan fingerprint density at radius 2 is 1.88 bits per heavy atom. The maximum absolute atomic E-state index is 10.7. The van der Waals surface area contributed by atoms with Gasteiger partial charge in [-0.1, -0.05) is 0 Å². The zero-order valence-corrected chi connectivity index (χ0v) is 8.73. The molecule has 0 saturated heterocycles. The molecule has 0 aliphatic heterocycles. The number of ether oxygens (including phenoxy) is 1. The van der Waals surface area contributed by atoms with E-state index in [0.29, 0.717) is 0 Å². The van der Waals surface area contributed by atoms with Gasteiger partial charge in [-0.2, -0.15) is 0 Å². The first kappa shape index (κ1) is 10.3. The van der Waals surface area contributed by atoms with Gasteiger partial charge >= 0.3 is 5.97 Å². The van der Waals surface area contributed by atoms with Crippen LogP contribution in [0.15, 0.2) is 36.4 Å². The number of aromatic amines is 1. The number of aromatic nitrogens is 1. The van der Waals surface area contributed by atoms with Crippen molar-refractivity contribution in [1.82, 2.24) is 4.98 Å². The predicted octanol–water partition coefficient (Wildman–Crippen LogP) is 2.39. The van der Waals surface area contributed by atoms with Crippen molar-refractivity contribution >= 4 is 5.97 Å². The first-order chi connectivity index (χ1) is 7.70. The predicted molar refractivity (Wildman–Crippen MR) is 59.7 cm³/mol. The highest BCUT2D eigenvalue weighted by Crippen LogP contribution is 2.21. The van der Waals surface area contributed by atoms with Crippen LogP contribution in [0.1, 0.15) is 10.5 Å². The van der Waals surface area contributed by atoms with Crippen LogP contribution in [0, 0.1) is 0 Å². The zero-order chi connectivity index (χ0) is 11.5. The Kier molecular flexibility index (Phi) is 2.64. The van der Waals surface area contributed by atoms with Crippen LogP contribution in [0.25, 0.3) is 11.3 Å². The summed E-state index contributed by atoms with van der Waals surface area (Å²) in [5.74, 6) is -0.187. The second-order valence-electron chi connectivity index (χ2n) is 3.32. The first-order valence-electron chi connectivity index (χ1n) is 4.77. The maximum atomic E-state index is 10.7. The molecule has 0 aliphatic rings. The van der Waals surface area contributed by atoms with E-state index in [1.54, 1.807) is 19.2 Å². The minimum absolute atomic E-state index is 0.186. The quantitative estimate of drug-likeness (QED) is 0.829. The Morgan fingerprint density at radius 1 is 1.19 bits per heavy atom. The van der Waals surface area contributed by atoms with Crippen molar-refractivity contribution < 1.29 is 14.6 Å². The molecule has 0 amide bonds. The SMILES string of the molecule is COc1ccc(-c2ccc(C(=O)O)[nH]2)cc1. The Morgan fingerprint density at radius 3 is 2.38 bits per heavy atom. The van der Waals surface area contributed by atoms with Gasteiger partial charge in [-0.25, -0.2) is 4.79 Å². The Bertz CT molecular complexity index is 499. The number of hydrogen-bond acceptors (Lipinski definition) is 2. The molecule has 1 aromatic heterocycles. The lowest BCUT2D eigenvalue weighted by molar-refractivity contribution is 0.0691. The van der Waals surface area contributed by atoms with Crippen molar-refractivity contribution in [1.29, 1.82) is 0 Å².